The molecule has 0 radical (unpaired) electrons. The van der Waals surface area contributed by atoms with Crippen LogP contribution in [0, 0.1) is 17.1 Å². The molecule has 0 aromatic carbocycles. The lowest BCUT2D eigenvalue weighted by molar-refractivity contribution is -0.00177. The van der Waals surface area contributed by atoms with E-state index in [0.29, 0.717) is 53.6 Å². The third-order valence-electron chi connectivity index (χ3n) is 6.56. The highest BCUT2D eigenvalue weighted by molar-refractivity contribution is 6.00. The number of rotatable bonds is 8. The van der Waals surface area contributed by atoms with Crippen LogP contribution in [-0.4, -0.2) is 78.0 Å². The summed E-state index contributed by atoms with van der Waals surface area (Å²) in [6.45, 7) is 3.37. The number of hydrogen-bond donors (Lipinski definition) is 3. The van der Waals surface area contributed by atoms with Gasteiger partial charge in [0.05, 0.1) is 65.0 Å². The molecule has 1 saturated heterocycles. The Bertz CT molecular complexity index is 1580. The first-order valence-corrected chi connectivity index (χ1v) is 12.5. The maximum Gasteiger partial charge on any atom is 0.255 e. The number of amides is 1. The Labute approximate surface area is 227 Å². The summed E-state index contributed by atoms with van der Waals surface area (Å²) >= 11 is 0. The van der Waals surface area contributed by atoms with Gasteiger partial charge in [-0.25, -0.2) is 28.2 Å². The van der Waals surface area contributed by atoms with E-state index in [2.05, 4.69) is 35.7 Å². The smallest absolute Gasteiger partial charge is 0.255 e. The Balaban J connectivity index is 1.43. The van der Waals surface area contributed by atoms with Crippen molar-refractivity contribution in [3.8, 4) is 17.3 Å². The third kappa shape index (κ3) is 5.64. The fraction of sp³-hybridized carbons (Fsp3) is 0.346. The normalized spacial score (nSPS) is 16.1. The second-order valence-corrected chi connectivity index (χ2v) is 10.0. The first-order chi connectivity index (χ1) is 19.1. The molecule has 5 heterocycles. The van der Waals surface area contributed by atoms with Gasteiger partial charge in [-0.05, 0) is 26.3 Å². The highest BCUT2D eigenvalue weighted by Gasteiger charge is 2.29. The summed E-state index contributed by atoms with van der Waals surface area (Å²) in [5.41, 5.74) is 0.883. The molecule has 3 N–H and O–H groups in total. The lowest BCUT2D eigenvalue weighted by Crippen LogP contribution is -2.42. The van der Waals surface area contributed by atoms with E-state index < -0.39 is 23.5 Å². The predicted molar refractivity (Wildman–Crippen MR) is 141 cm³/mol. The molecular weight excluding hydrogens is 522 g/mol. The molecule has 1 aliphatic rings. The van der Waals surface area contributed by atoms with Crippen molar-refractivity contribution in [2.75, 3.05) is 29.9 Å². The quantitative estimate of drug-likeness (QED) is 0.298. The average molecular weight is 549 g/mol. The van der Waals surface area contributed by atoms with Crippen molar-refractivity contribution in [2.24, 2.45) is 0 Å². The van der Waals surface area contributed by atoms with Gasteiger partial charge in [0, 0.05) is 31.5 Å². The molecule has 40 heavy (non-hydrogen) atoms. The molecule has 1 amide bonds. The molecule has 5 rings (SSSR count). The summed E-state index contributed by atoms with van der Waals surface area (Å²) in [6, 6.07) is 3.58. The number of aliphatic hydroxyl groups is 1. The molecule has 206 valence electrons. The van der Waals surface area contributed by atoms with E-state index in [-0.39, 0.29) is 18.2 Å². The molecule has 4 aromatic heterocycles. The minimum Gasteiger partial charge on any atom is -0.387 e. The number of fused-ring (bicyclic) bond motifs is 1. The molecule has 1 aliphatic heterocycles. The van der Waals surface area contributed by atoms with Crippen molar-refractivity contribution in [1.82, 2.24) is 34.9 Å². The summed E-state index contributed by atoms with van der Waals surface area (Å²) in [5, 5.41) is 29.2. The number of anilines is 2. The fourth-order valence-electron chi connectivity index (χ4n) is 4.29. The molecule has 0 aliphatic carbocycles. The Morgan fingerprint density at radius 1 is 1.23 bits per heavy atom. The molecule has 1 unspecified atom stereocenters. The van der Waals surface area contributed by atoms with Crippen molar-refractivity contribution in [3.63, 3.8) is 0 Å². The van der Waals surface area contributed by atoms with Crippen molar-refractivity contribution in [1.29, 1.82) is 5.26 Å². The van der Waals surface area contributed by atoms with Gasteiger partial charge in [-0.3, -0.25) is 9.78 Å². The van der Waals surface area contributed by atoms with Crippen LogP contribution in [0.15, 0.2) is 43.2 Å². The molecule has 0 saturated carbocycles. The van der Waals surface area contributed by atoms with E-state index in [0.717, 1.165) is 12.4 Å². The van der Waals surface area contributed by atoms with E-state index in [1.807, 2.05) is 11.0 Å². The fourth-order valence-corrected chi connectivity index (χ4v) is 4.29. The molecule has 14 heteroatoms. The lowest BCUT2D eigenvalue weighted by Gasteiger charge is -2.23. The highest BCUT2D eigenvalue weighted by Crippen LogP contribution is 2.28. The monoisotopic (exact) mass is 548 g/mol. The number of carbonyl (C=O) groups excluding carboxylic acids is 1. The van der Waals surface area contributed by atoms with Crippen molar-refractivity contribution >= 4 is 23.2 Å². The summed E-state index contributed by atoms with van der Waals surface area (Å²) in [7, 11) is 0. The van der Waals surface area contributed by atoms with Crippen LogP contribution in [0.3, 0.4) is 0 Å². The van der Waals surface area contributed by atoms with Crippen LogP contribution >= 0.6 is 0 Å². The minimum absolute atomic E-state index is 0.124. The molecule has 12 nitrogen and oxygen atoms in total. The molecule has 1 fully saturated rings. The van der Waals surface area contributed by atoms with Crippen LogP contribution in [0.4, 0.5) is 20.4 Å². The van der Waals surface area contributed by atoms with E-state index in [1.54, 1.807) is 18.5 Å². The van der Waals surface area contributed by atoms with Crippen LogP contribution in [0.5, 0.6) is 0 Å². The van der Waals surface area contributed by atoms with Gasteiger partial charge in [0.1, 0.15) is 12.2 Å². The second kappa shape index (κ2) is 10.8. The number of nitriles is 1. The van der Waals surface area contributed by atoms with Crippen LogP contribution < -0.4 is 15.5 Å². The number of nitrogens with one attached hydrogen (secondary N) is 2. The zero-order chi connectivity index (χ0) is 28.4. The number of alkyl halides is 1. The predicted octanol–water partition coefficient (Wildman–Crippen LogP) is 2.12. The van der Waals surface area contributed by atoms with Gasteiger partial charge < -0.3 is 20.6 Å². The third-order valence-corrected chi connectivity index (χ3v) is 6.56. The number of carbonyl (C=O) groups is 1. The summed E-state index contributed by atoms with van der Waals surface area (Å²) < 4.78 is 29.1. The molecule has 0 bridgehead atoms. The van der Waals surface area contributed by atoms with Crippen molar-refractivity contribution in [3.05, 3.63) is 60.2 Å². The maximum atomic E-state index is 14.3. The topological polar surface area (TPSA) is 157 Å². The van der Waals surface area contributed by atoms with Gasteiger partial charge in [-0.15, -0.1) is 0 Å². The first-order valence-electron chi connectivity index (χ1n) is 12.5. The van der Waals surface area contributed by atoms with Gasteiger partial charge in [0.15, 0.2) is 11.5 Å². The van der Waals surface area contributed by atoms with E-state index in [9.17, 15) is 18.7 Å². The number of pyridine rings is 1. The van der Waals surface area contributed by atoms with Crippen LogP contribution in [-0.2, 0) is 0 Å². The Kier molecular flexibility index (Phi) is 7.22. The molecule has 0 spiro atoms. The Morgan fingerprint density at radius 2 is 2.00 bits per heavy atom. The SMILES string of the molecule is CC(C)(O)C(F)CNC(=O)c1cnc(-c2cnn3cc(C#N)cnc23)cc1N[C@@H]1CCN(c2ncc(F)cn2)C1. The minimum atomic E-state index is -1.68. The number of nitrogens with zero attached hydrogens (tertiary/aromatic N) is 8. The summed E-state index contributed by atoms with van der Waals surface area (Å²) in [4.78, 5) is 31.9. The number of halogens is 2. The van der Waals surface area contributed by atoms with Gasteiger partial charge >= 0.3 is 0 Å². The lowest BCUT2D eigenvalue weighted by atomic mass is 10.0. The van der Waals surface area contributed by atoms with Gasteiger partial charge in [0.2, 0.25) is 5.95 Å². The van der Waals surface area contributed by atoms with Crippen molar-refractivity contribution in [2.45, 2.75) is 38.1 Å². The standard InChI is InChI=1S/C26H26F2N10O2/c1-26(2,40)22(28)12-32-24(39)19-10-30-20(18-11-35-38-13-15(6-29)7-31-23(18)38)5-21(19)36-17-3-4-37(14-17)25-33-8-16(27)9-34-25/h5,7-11,13,17,22,40H,3-4,12,14H2,1-2H3,(H,30,36)(H,32,39)/t17-,22?/m1/s1. The maximum absolute atomic E-state index is 14.3. The summed E-state index contributed by atoms with van der Waals surface area (Å²) in [5.74, 6) is -0.695. The Morgan fingerprint density at radius 3 is 2.73 bits per heavy atom. The second-order valence-electron chi connectivity index (χ2n) is 10.0. The van der Waals surface area contributed by atoms with E-state index >= 15 is 0 Å². The van der Waals surface area contributed by atoms with Crippen LogP contribution in [0.2, 0.25) is 0 Å². The van der Waals surface area contributed by atoms with Gasteiger partial charge in [-0.1, -0.05) is 0 Å². The van der Waals surface area contributed by atoms with E-state index in [4.69, 9.17) is 5.26 Å². The first kappa shape index (κ1) is 26.8. The van der Waals surface area contributed by atoms with Crippen molar-refractivity contribution < 1.29 is 18.7 Å². The zero-order valence-corrected chi connectivity index (χ0v) is 21.7. The molecule has 4 aromatic rings. The van der Waals surface area contributed by atoms with Gasteiger partial charge in [0.25, 0.3) is 5.91 Å². The Hall–Kier alpha value is -4.77. The average Bonchev–Trinajstić information content (AvgIpc) is 3.58. The zero-order valence-electron chi connectivity index (χ0n) is 21.7. The van der Waals surface area contributed by atoms with Gasteiger partial charge in [-0.2, -0.15) is 10.4 Å². The highest BCUT2D eigenvalue weighted by atomic mass is 19.1. The largest absolute Gasteiger partial charge is 0.387 e. The number of hydrogen-bond acceptors (Lipinski definition) is 10. The number of aromatic nitrogens is 6. The van der Waals surface area contributed by atoms with Crippen LogP contribution in [0.1, 0.15) is 36.2 Å². The van der Waals surface area contributed by atoms with E-state index in [1.165, 1.54) is 30.8 Å². The summed E-state index contributed by atoms with van der Waals surface area (Å²) in [6.07, 6.45) is 7.15. The molecule has 2 atom stereocenters. The molecular formula is C26H26F2N10O2. The van der Waals surface area contributed by atoms with Crippen LogP contribution in [0.25, 0.3) is 16.9 Å².